The van der Waals surface area contributed by atoms with Crippen LogP contribution in [0.1, 0.15) is 51.4 Å². The molecule has 2 saturated carbocycles. The quantitative estimate of drug-likeness (QED) is 0.789. The molecule has 18 heavy (non-hydrogen) atoms. The first-order valence-electron chi connectivity index (χ1n) is 7.81. The van der Waals surface area contributed by atoms with Gasteiger partial charge in [-0.2, -0.15) is 0 Å². The predicted octanol–water partition coefficient (Wildman–Crippen LogP) is 2.49. The molecule has 3 rings (SSSR count). The summed E-state index contributed by atoms with van der Waals surface area (Å²) in [6.45, 7) is 3.82. The zero-order chi connectivity index (χ0) is 12.3. The third kappa shape index (κ3) is 3.46. The van der Waals surface area contributed by atoms with E-state index >= 15 is 0 Å². The molecule has 1 saturated heterocycles. The molecular weight excluding hydrogens is 226 g/mol. The largest absolute Gasteiger partial charge is 0.381 e. The Bertz CT molecular complexity index is 253. The van der Waals surface area contributed by atoms with Crippen molar-refractivity contribution in [1.82, 2.24) is 5.32 Å². The lowest BCUT2D eigenvalue weighted by Gasteiger charge is -2.38. The van der Waals surface area contributed by atoms with Gasteiger partial charge in [-0.05, 0) is 32.1 Å². The molecule has 0 spiro atoms. The second-order valence-corrected chi connectivity index (χ2v) is 6.44. The normalized spacial score (nSPS) is 31.7. The summed E-state index contributed by atoms with van der Waals surface area (Å²) in [6, 6.07) is 0.794. The Morgan fingerprint density at radius 1 is 1.11 bits per heavy atom. The smallest absolute Gasteiger partial charge is 0.0806 e. The van der Waals surface area contributed by atoms with Crippen LogP contribution in [0.25, 0.3) is 0 Å². The van der Waals surface area contributed by atoms with Crippen molar-refractivity contribution in [1.29, 1.82) is 0 Å². The summed E-state index contributed by atoms with van der Waals surface area (Å²) in [4.78, 5) is 0. The highest BCUT2D eigenvalue weighted by molar-refractivity contribution is 4.91. The van der Waals surface area contributed by atoms with Crippen molar-refractivity contribution in [3.05, 3.63) is 0 Å². The van der Waals surface area contributed by atoms with Crippen LogP contribution >= 0.6 is 0 Å². The van der Waals surface area contributed by atoms with E-state index in [1.807, 2.05) is 0 Å². The molecule has 1 N–H and O–H groups in total. The second kappa shape index (κ2) is 5.89. The maximum absolute atomic E-state index is 6.39. The molecule has 3 heteroatoms. The predicted molar refractivity (Wildman–Crippen MR) is 71.7 cm³/mol. The van der Waals surface area contributed by atoms with Gasteiger partial charge in [0, 0.05) is 25.1 Å². The highest BCUT2D eigenvalue weighted by Gasteiger charge is 2.35. The molecule has 104 valence electrons. The third-order valence-electron chi connectivity index (χ3n) is 4.70. The van der Waals surface area contributed by atoms with E-state index in [-0.39, 0.29) is 5.60 Å². The Morgan fingerprint density at radius 2 is 1.94 bits per heavy atom. The highest BCUT2D eigenvalue weighted by atomic mass is 16.5. The minimum Gasteiger partial charge on any atom is -0.381 e. The first-order chi connectivity index (χ1) is 8.86. The monoisotopic (exact) mass is 253 g/mol. The Hall–Kier alpha value is -0.120. The summed E-state index contributed by atoms with van der Waals surface area (Å²) >= 11 is 0. The van der Waals surface area contributed by atoms with E-state index in [2.05, 4.69) is 5.32 Å². The van der Waals surface area contributed by atoms with Crippen LogP contribution in [0.2, 0.25) is 0 Å². The average molecular weight is 253 g/mol. The summed E-state index contributed by atoms with van der Waals surface area (Å²) in [7, 11) is 0. The molecule has 3 aliphatic rings. The van der Waals surface area contributed by atoms with E-state index in [9.17, 15) is 0 Å². The number of nitrogens with one attached hydrogen (secondary N) is 1. The zero-order valence-corrected chi connectivity index (χ0v) is 11.5. The van der Waals surface area contributed by atoms with Crippen molar-refractivity contribution in [3.8, 4) is 0 Å². The van der Waals surface area contributed by atoms with Crippen LogP contribution in [0.4, 0.5) is 0 Å². The van der Waals surface area contributed by atoms with Crippen molar-refractivity contribution in [2.45, 2.75) is 63.0 Å². The van der Waals surface area contributed by atoms with Crippen molar-refractivity contribution in [3.63, 3.8) is 0 Å². The molecule has 1 aliphatic heterocycles. The minimum atomic E-state index is 0.142. The van der Waals surface area contributed by atoms with Gasteiger partial charge in [-0.25, -0.2) is 0 Å². The summed E-state index contributed by atoms with van der Waals surface area (Å²) in [5.74, 6) is 0.643. The topological polar surface area (TPSA) is 30.5 Å². The van der Waals surface area contributed by atoms with Crippen LogP contribution in [0.15, 0.2) is 0 Å². The number of rotatable bonds is 6. The Morgan fingerprint density at radius 3 is 2.61 bits per heavy atom. The van der Waals surface area contributed by atoms with E-state index in [0.29, 0.717) is 5.92 Å². The van der Waals surface area contributed by atoms with Crippen molar-refractivity contribution < 1.29 is 9.47 Å². The Balaban J connectivity index is 1.49. The van der Waals surface area contributed by atoms with Gasteiger partial charge in [0.1, 0.15) is 0 Å². The van der Waals surface area contributed by atoms with Crippen molar-refractivity contribution in [2.24, 2.45) is 5.92 Å². The number of hydrogen-bond acceptors (Lipinski definition) is 3. The lowest BCUT2D eigenvalue weighted by atomic mass is 9.84. The van der Waals surface area contributed by atoms with Gasteiger partial charge in [0.25, 0.3) is 0 Å². The standard InChI is InChI=1S/C15H27NO2/c1-2-7-15(8-3-1,12-16-14-4-5-14)18-11-13-6-9-17-10-13/h13-14,16H,1-12H2. The van der Waals surface area contributed by atoms with Gasteiger partial charge in [0.15, 0.2) is 0 Å². The van der Waals surface area contributed by atoms with Gasteiger partial charge in [-0.3, -0.25) is 0 Å². The molecule has 3 nitrogen and oxygen atoms in total. The molecule has 0 aromatic heterocycles. The molecule has 0 bridgehead atoms. The minimum absolute atomic E-state index is 0.142. The molecule has 3 fully saturated rings. The third-order valence-corrected chi connectivity index (χ3v) is 4.70. The van der Waals surface area contributed by atoms with Crippen LogP contribution in [-0.4, -0.2) is 38.0 Å². The molecule has 1 heterocycles. The highest BCUT2D eigenvalue weighted by Crippen LogP contribution is 2.33. The molecule has 0 aromatic rings. The lowest BCUT2D eigenvalue weighted by molar-refractivity contribution is -0.0819. The van der Waals surface area contributed by atoms with Crippen molar-refractivity contribution >= 4 is 0 Å². The van der Waals surface area contributed by atoms with Crippen LogP contribution in [-0.2, 0) is 9.47 Å². The maximum atomic E-state index is 6.39. The van der Waals surface area contributed by atoms with Gasteiger partial charge in [0.05, 0.1) is 18.8 Å². The molecule has 1 atom stereocenters. The second-order valence-electron chi connectivity index (χ2n) is 6.44. The molecule has 1 unspecified atom stereocenters. The van der Waals surface area contributed by atoms with Gasteiger partial charge in [0.2, 0.25) is 0 Å². The number of hydrogen-bond donors (Lipinski definition) is 1. The molecule has 0 radical (unpaired) electrons. The van der Waals surface area contributed by atoms with Crippen LogP contribution in [0, 0.1) is 5.92 Å². The fraction of sp³-hybridized carbons (Fsp3) is 1.00. The van der Waals surface area contributed by atoms with E-state index in [1.165, 1.54) is 51.4 Å². The molecular formula is C15H27NO2. The summed E-state index contributed by atoms with van der Waals surface area (Å²) in [5, 5.41) is 3.69. The Labute approximate surface area is 111 Å². The maximum Gasteiger partial charge on any atom is 0.0806 e. The lowest BCUT2D eigenvalue weighted by Crippen LogP contribution is -2.46. The van der Waals surface area contributed by atoms with Gasteiger partial charge in [-0.15, -0.1) is 0 Å². The first-order valence-corrected chi connectivity index (χ1v) is 7.81. The van der Waals surface area contributed by atoms with Crippen molar-refractivity contribution in [2.75, 3.05) is 26.4 Å². The van der Waals surface area contributed by atoms with Gasteiger partial charge < -0.3 is 14.8 Å². The fourth-order valence-corrected chi connectivity index (χ4v) is 3.20. The molecule has 0 aromatic carbocycles. The van der Waals surface area contributed by atoms with Gasteiger partial charge >= 0.3 is 0 Å². The molecule has 2 aliphatic carbocycles. The van der Waals surface area contributed by atoms with E-state index in [0.717, 1.165) is 32.4 Å². The van der Waals surface area contributed by atoms with E-state index in [4.69, 9.17) is 9.47 Å². The zero-order valence-electron chi connectivity index (χ0n) is 11.5. The van der Waals surface area contributed by atoms with E-state index < -0.39 is 0 Å². The SMILES string of the molecule is C1CCC(CNC2CC2)(OCC2CCOC2)CC1. The summed E-state index contributed by atoms with van der Waals surface area (Å²) < 4.78 is 11.8. The molecule has 0 amide bonds. The van der Waals surface area contributed by atoms with E-state index in [1.54, 1.807) is 0 Å². The summed E-state index contributed by atoms with van der Waals surface area (Å²) in [6.07, 6.45) is 10.5. The number of ether oxygens (including phenoxy) is 2. The Kier molecular flexibility index (Phi) is 4.22. The van der Waals surface area contributed by atoms with Crippen LogP contribution in [0.3, 0.4) is 0 Å². The van der Waals surface area contributed by atoms with Gasteiger partial charge in [-0.1, -0.05) is 19.3 Å². The average Bonchev–Trinajstić information content (AvgIpc) is 3.10. The first kappa shape index (κ1) is 12.9. The summed E-state index contributed by atoms with van der Waals surface area (Å²) in [5.41, 5.74) is 0.142. The van der Waals surface area contributed by atoms with Crippen LogP contribution in [0.5, 0.6) is 0 Å². The fourth-order valence-electron chi connectivity index (χ4n) is 3.20. The van der Waals surface area contributed by atoms with Crippen LogP contribution < -0.4 is 5.32 Å².